The van der Waals surface area contributed by atoms with Crippen LogP contribution in [0.1, 0.15) is 0 Å². The second-order valence-corrected chi connectivity index (χ2v) is 5.60. The first-order valence-electron chi connectivity index (χ1n) is 7.52. The van der Waals surface area contributed by atoms with Gasteiger partial charge in [-0.3, -0.25) is 9.78 Å². The topological polar surface area (TPSA) is 115 Å². The van der Waals surface area contributed by atoms with E-state index in [0.717, 1.165) is 5.52 Å². The van der Waals surface area contributed by atoms with Gasteiger partial charge in [-0.1, -0.05) is 18.2 Å². The number of aldehydes is 1. The summed E-state index contributed by atoms with van der Waals surface area (Å²) in [5.41, 5.74) is 2.27. The minimum Gasteiger partial charge on any atom is -0.480 e. The third kappa shape index (κ3) is 2.99. The van der Waals surface area contributed by atoms with Crippen LogP contribution < -0.4 is 5.32 Å². The number of carbonyl (C=O) groups excluding carboxylic acids is 1. The van der Waals surface area contributed by atoms with Crippen LogP contribution in [0.4, 0.5) is 0 Å². The number of aliphatic hydroxyl groups excluding tert-OH is 1. The van der Waals surface area contributed by atoms with E-state index in [4.69, 9.17) is 10.2 Å². The van der Waals surface area contributed by atoms with Gasteiger partial charge in [-0.15, -0.1) is 0 Å². The quantitative estimate of drug-likeness (QED) is 0.521. The van der Waals surface area contributed by atoms with Gasteiger partial charge in [-0.2, -0.15) is 0 Å². The first-order chi connectivity index (χ1) is 11.6. The number of hydrogen-bond donors (Lipinski definition) is 4. The molecule has 0 aliphatic carbocycles. The Bertz CT molecular complexity index is 826. The van der Waals surface area contributed by atoms with Gasteiger partial charge in [0.15, 0.2) is 0 Å². The van der Waals surface area contributed by atoms with Crippen LogP contribution in [0.15, 0.2) is 42.7 Å². The van der Waals surface area contributed by atoms with Crippen molar-refractivity contribution < 1.29 is 19.8 Å². The van der Waals surface area contributed by atoms with Crippen molar-refractivity contribution in [2.45, 2.75) is 12.1 Å². The van der Waals surface area contributed by atoms with E-state index in [1.165, 1.54) is 16.3 Å². The number of rotatable bonds is 2. The van der Waals surface area contributed by atoms with Gasteiger partial charge in [-0.05, 0) is 12.1 Å². The maximum atomic E-state index is 10.4. The molecule has 3 atom stereocenters. The number of aliphatic carboxylic acids is 1. The largest absolute Gasteiger partial charge is 0.480 e. The number of aromatic nitrogens is 2. The number of para-hydroxylation sites is 1. The molecule has 4 N–H and O–H groups in total. The van der Waals surface area contributed by atoms with Crippen LogP contribution in [-0.2, 0) is 9.59 Å². The van der Waals surface area contributed by atoms with Gasteiger partial charge >= 0.3 is 5.97 Å². The van der Waals surface area contributed by atoms with Crippen LogP contribution in [0.25, 0.3) is 21.8 Å². The lowest BCUT2D eigenvalue weighted by molar-refractivity contribution is -0.141. The third-order valence-electron chi connectivity index (χ3n) is 4.11. The number of fused-ring (bicyclic) bond motifs is 3. The van der Waals surface area contributed by atoms with Crippen LogP contribution in [0.3, 0.4) is 0 Å². The highest BCUT2D eigenvalue weighted by Gasteiger charge is 2.38. The molecule has 0 spiro atoms. The number of H-pyrrole nitrogens is 1. The number of aliphatic hydroxyl groups is 1. The van der Waals surface area contributed by atoms with Crippen molar-refractivity contribution in [3.05, 3.63) is 42.7 Å². The molecule has 1 unspecified atom stereocenters. The molecule has 3 heterocycles. The first-order valence-corrected chi connectivity index (χ1v) is 7.52. The lowest BCUT2D eigenvalue weighted by atomic mass is 10.0. The monoisotopic (exact) mass is 327 g/mol. The van der Waals surface area contributed by atoms with E-state index in [-0.39, 0.29) is 6.54 Å². The van der Waals surface area contributed by atoms with E-state index < -0.39 is 24.0 Å². The summed E-state index contributed by atoms with van der Waals surface area (Å²) >= 11 is 0. The van der Waals surface area contributed by atoms with Gasteiger partial charge in [0.1, 0.15) is 12.3 Å². The normalized spacial score (nSPS) is 23.0. The Morgan fingerprint density at radius 2 is 1.96 bits per heavy atom. The van der Waals surface area contributed by atoms with Crippen molar-refractivity contribution in [3.8, 4) is 0 Å². The Morgan fingerprint density at radius 3 is 2.67 bits per heavy atom. The minimum atomic E-state index is -1.10. The number of carboxylic acid groups (broad SMARTS) is 1. The van der Waals surface area contributed by atoms with Crippen LogP contribution in [-0.4, -0.2) is 51.1 Å². The molecule has 4 rings (SSSR count). The number of β-amino-alcohol motifs (C(OH)–C–C–N with tert-alkyl or cyclic N) is 1. The van der Waals surface area contributed by atoms with E-state index in [2.05, 4.69) is 33.5 Å². The second-order valence-electron chi connectivity index (χ2n) is 5.60. The van der Waals surface area contributed by atoms with Crippen molar-refractivity contribution in [3.63, 3.8) is 0 Å². The number of hydrogen-bond acceptors (Lipinski definition) is 5. The lowest BCUT2D eigenvalue weighted by Crippen LogP contribution is -2.36. The highest BCUT2D eigenvalue weighted by molar-refractivity contribution is 6.06. The van der Waals surface area contributed by atoms with Crippen molar-refractivity contribution >= 4 is 34.1 Å². The molecule has 0 saturated carbocycles. The number of carbonyl (C=O) groups is 2. The summed E-state index contributed by atoms with van der Waals surface area (Å²) in [6.07, 6.45) is 3.29. The minimum absolute atomic E-state index is 0.167. The Balaban J connectivity index is 0.000000144. The SMILES string of the molecule is O=CC1[C@@H](C(=O)O)NC[C@@H]1O.c1ccc2c(c1)[nH]c1cnccc12. The average molecular weight is 327 g/mol. The molecule has 2 aromatic heterocycles. The molecule has 0 amide bonds. The van der Waals surface area contributed by atoms with Gasteiger partial charge in [0, 0.05) is 29.0 Å². The van der Waals surface area contributed by atoms with E-state index in [0.29, 0.717) is 6.29 Å². The summed E-state index contributed by atoms with van der Waals surface area (Å²) in [6, 6.07) is 9.39. The summed E-state index contributed by atoms with van der Waals surface area (Å²) < 4.78 is 0. The Hall–Kier alpha value is -2.77. The maximum Gasteiger partial charge on any atom is 0.321 e. The predicted molar refractivity (Wildman–Crippen MR) is 88.6 cm³/mol. The zero-order valence-electron chi connectivity index (χ0n) is 12.7. The standard InChI is InChI=1S/C11H8N2.C6H9NO4/c1-2-4-10-8(3-1)9-5-6-12-7-11(9)13-10;8-2-3-4(9)1-7-5(3)6(10)11/h1-7,13H;2-5,7,9H,1H2,(H,10,11)/t;3?,4-,5-/m.0/s1. The molecule has 1 fully saturated rings. The van der Waals surface area contributed by atoms with Crippen molar-refractivity contribution in [2.75, 3.05) is 6.54 Å². The van der Waals surface area contributed by atoms with Crippen molar-refractivity contribution in [1.29, 1.82) is 0 Å². The molecule has 1 saturated heterocycles. The van der Waals surface area contributed by atoms with Gasteiger partial charge < -0.3 is 25.3 Å². The molecule has 0 bridgehead atoms. The molecule has 24 heavy (non-hydrogen) atoms. The zero-order chi connectivity index (χ0) is 17.1. The van der Waals surface area contributed by atoms with E-state index >= 15 is 0 Å². The fourth-order valence-electron chi connectivity index (χ4n) is 2.86. The van der Waals surface area contributed by atoms with Crippen LogP contribution >= 0.6 is 0 Å². The highest BCUT2D eigenvalue weighted by atomic mass is 16.4. The fourth-order valence-corrected chi connectivity index (χ4v) is 2.86. The molecular formula is C17H17N3O4. The summed E-state index contributed by atoms with van der Waals surface area (Å²) in [5.74, 6) is -1.91. The van der Waals surface area contributed by atoms with Crippen LogP contribution in [0, 0.1) is 5.92 Å². The predicted octanol–water partition coefficient (Wildman–Crippen LogP) is 0.935. The van der Waals surface area contributed by atoms with E-state index in [1.807, 2.05) is 24.5 Å². The number of carboxylic acids is 1. The zero-order valence-corrected chi connectivity index (χ0v) is 12.7. The summed E-state index contributed by atoms with van der Waals surface area (Å²) in [6.45, 7) is 0.167. The maximum absolute atomic E-state index is 10.4. The third-order valence-corrected chi connectivity index (χ3v) is 4.11. The van der Waals surface area contributed by atoms with E-state index in [1.54, 1.807) is 0 Å². The molecule has 1 aliphatic rings. The Labute approximate surface area is 137 Å². The molecule has 7 nitrogen and oxygen atoms in total. The van der Waals surface area contributed by atoms with Crippen LogP contribution in [0.5, 0.6) is 0 Å². The number of aromatic amines is 1. The van der Waals surface area contributed by atoms with Gasteiger partial charge in [0.25, 0.3) is 0 Å². The van der Waals surface area contributed by atoms with Gasteiger partial charge in [0.05, 0.1) is 23.7 Å². The summed E-state index contributed by atoms with van der Waals surface area (Å²) in [7, 11) is 0. The number of pyridine rings is 1. The molecule has 3 aromatic rings. The van der Waals surface area contributed by atoms with Crippen LogP contribution in [0.2, 0.25) is 0 Å². The first kappa shape index (κ1) is 16.1. The number of benzene rings is 1. The molecule has 1 aromatic carbocycles. The van der Waals surface area contributed by atoms with E-state index in [9.17, 15) is 9.59 Å². The van der Waals surface area contributed by atoms with Crippen molar-refractivity contribution in [2.24, 2.45) is 5.92 Å². The molecular weight excluding hydrogens is 310 g/mol. The fraction of sp³-hybridized carbons (Fsp3) is 0.235. The summed E-state index contributed by atoms with van der Waals surface area (Å²) in [4.78, 5) is 28.0. The Morgan fingerprint density at radius 1 is 1.21 bits per heavy atom. The average Bonchev–Trinajstić information content (AvgIpc) is 3.15. The number of nitrogens with zero attached hydrogens (tertiary/aromatic N) is 1. The second kappa shape index (κ2) is 6.77. The number of nitrogens with one attached hydrogen (secondary N) is 2. The molecule has 7 heteroatoms. The molecule has 0 radical (unpaired) electrons. The summed E-state index contributed by atoms with van der Waals surface area (Å²) in [5, 5.41) is 22.6. The Kier molecular flexibility index (Phi) is 4.54. The van der Waals surface area contributed by atoms with Gasteiger partial charge in [-0.25, -0.2) is 0 Å². The lowest BCUT2D eigenvalue weighted by Gasteiger charge is -2.09. The molecule has 124 valence electrons. The molecule has 1 aliphatic heterocycles. The van der Waals surface area contributed by atoms with Gasteiger partial charge in [0.2, 0.25) is 0 Å². The van der Waals surface area contributed by atoms with Crippen molar-refractivity contribution in [1.82, 2.24) is 15.3 Å². The smallest absolute Gasteiger partial charge is 0.321 e. The highest BCUT2D eigenvalue weighted by Crippen LogP contribution is 2.23.